The highest BCUT2D eigenvalue weighted by molar-refractivity contribution is 5.78. The second kappa shape index (κ2) is 10.2. The standard InChI is InChI=1S/C17H35N3O/c1-5-12-20(16-8-10-18-11-9-16)13-17(21)19-15(4)7-6-14(2)3/h14-16,18H,5-13H2,1-4H3,(H,19,21). The van der Waals surface area contributed by atoms with E-state index >= 15 is 0 Å². The Hall–Kier alpha value is -0.610. The molecule has 4 nitrogen and oxygen atoms in total. The van der Waals surface area contributed by atoms with Gasteiger partial charge in [0.25, 0.3) is 0 Å². The normalized spacial score (nSPS) is 18.2. The first-order valence-corrected chi connectivity index (χ1v) is 8.77. The zero-order chi connectivity index (χ0) is 15.7. The second-order valence-electron chi connectivity index (χ2n) is 6.89. The van der Waals surface area contributed by atoms with Crippen LogP contribution in [0.4, 0.5) is 0 Å². The molecule has 1 aliphatic heterocycles. The monoisotopic (exact) mass is 297 g/mol. The fourth-order valence-corrected chi connectivity index (χ4v) is 3.01. The molecule has 2 N–H and O–H groups in total. The van der Waals surface area contributed by atoms with Crippen LogP contribution in [0.25, 0.3) is 0 Å². The molecule has 0 aliphatic carbocycles. The van der Waals surface area contributed by atoms with E-state index in [0.717, 1.165) is 45.3 Å². The Kier molecular flexibility index (Phi) is 8.93. The molecule has 1 rings (SSSR count). The Balaban J connectivity index is 2.37. The SMILES string of the molecule is CCCN(CC(=O)NC(C)CCC(C)C)C1CCNCC1. The van der Waals surface area contributed by atoms with E-state index in [2.05, 4.69) is 43.2 Å². The zero-order valence-electron chi connectivity index (χ0n) is 14.5. The Morgan fingerprint density at radius 1 is 1.24 bits per heavy atom. The number of hydrogen-bond acceptors (Lipinski definition) is 3. The topological polar surface area (TPSA) is 44.4 Å². The minimum absolute atomic E-state index is 0.193. The molecule has 1 fully saturated rings. The largest absolute Gasteiger partial charge is 0.353 e. The summed E-state index contributed by atoms with van der Waals surface area (Å²) in [4.78, 5) is 14.6. The van der Waals surface area contributed by atoms with Gasteiger partial charge in [-0.2, -0.15) is 0 Å². The number of rotatable bonds is 9. The molecule has 0 spiro atoms. The average molecular weight is 297 g/mol. The van der Waals surface area contributed by atoms with Gasteiger partial charge in [-0.3, -0.25) is 9.69 Å². The maximum Gasteiger partial charge on any atom is 0.234 e. The van der Waals surface area contributed by atoms with Gasteiger partial charge in [0, 0.05) is 12.1 Å². The fourth-order valence-electron chi connectivity index (χ4n) is 3.01. The Morgan fingerprint density at radius 2 is 1.90 bits per heavy atom. The molecule has 0 aromatic carbocycles. The van der Waals surface area contributed by atoms with Gasteiger partial charge in [0.05, 0.1) is 6.54 Å². The van der Waals surface area contributed by atoms with Crippen molar-refractivity contribution in [1.82, 2.24) is 15.5 Å². The fraction of sp³-hybridized carbons (Fsp3) is 0.941. The molecule has 124 valence electrons. The molecule has 4 heteroatoms. The first-order chi connectivity index (χ1) is 10.0. The lowest BCUT2D eigenvalue weighted by Crippen LogP contribution is -2.48. The lowest BCUT2D eigenvalue weighted by molar-refractivity contribution is -0.123. The van der Waals surface area contributed by atoms with Gasteiger partial charge >= 0.3 is 0 Å². The minimum atomic E-state index is 0.193. The second-order valence-corrected chi connectivity index (χ2v) is 6.89. The molecule has 0 aromatic heterocycles. The van der Waals surface area contributed by atoms with E-state index in [1.54, 1.807) is 0 Å². The summed E-state index contributed by atoms with van der Waals surface area (Å²) in [5, 5.41) is 6.56. The van der Waals surface area contributed by atoms with E-state index in [9.17, 15) is 4.79 Å². The zero-order valence-corrected chi connectivity index (χ0v) is 14.5. The highest BCUT2D eigenvalue weighted by Crippen LogP contribution is 2.12. The lowest BCUT2D eigenvalue weighted by atomic mass is 10.0. The van der Waals surface area contributed by atoms with E-state index < -0.39 is 0 Å². The summed E-state index contributed by atoms with van der Waals surface area (Å²) in [6.07, 6.45) is 5.69. The van der Waals surface area contributed by atoms with E-state index in [4.69, 9.17) is 0 Å². The molecular formula is C17H35N3O. The maximum atomic E-state index is 12.3. The Bertz CT molecular complexity index is 288. The quantitative estimate of drug-likeness (QED) is 0.687. The molecule has 1 unspecified atom stereocenters. The summed E-state index contributed by atoms with van der Waals surface area (Å²) in [7, 11) is 0. The molecule has 1 aliphatic rings. The van der Waals surface area contributed by atoms with Crippen molar-refractivity contribution in [2.75, 3.05) is 26.2 Å². The molecule has 0 radical (unpaired) electrons. The van der Waals surface area contributed by atoms with Gasteiger partial charge in [-0.15, -0.1) is 0 Å². The Labute approximate surface area is 131 Å². The number of nitrogens with one attached hydrogen (secondary N) is 2. The van der Waals surface area contributed by atoms with Crippen molar-refractivity contribution in [2.24, 2.45) is 5.92 Å². The maximum absolute atomic E-state index is 12.3. The number of carbonyl (C=O) groups is 1. The summed E-state index contributed by atoms with van der Waals surface area (Å²) >= 11 is 0. The van der Waals surface area contributed by atoms with Crippen LogP contribution in [0.2, 0.25) is 0 Å². The van der Waals surface area contributed by atoms with Gasteiger partial charge in [0.15, 0.2) is 0 Å². The highest BCUT2D eigenvalue weighted by atomic mass is 16.2. The summed E-state index contributed by atoms with van der Waals surface area (Å²) < 4.78 is 0. The summed E-state index contributed by atoms with van der Waals surface area (Å²) in [5.74, 6) is 0.897. The van der Waals surface area contributed by atoms with Gasteiger partial charge in [0.2, 0.25) is 5.91 Å². The smallest absolute Gasteiger partial charge is 0.234 e. The van der Waals surface area contributed by atoms with Gasteiger partial charge < -0.3 is 10.6 Å². The van der Waals surface area contributed by atoms with Crippen LogP contribution in [0, 0.1) is 5.92 Å². The van der Waals surface area contributed by atoms with Crippen LogP contribution < -0.4 is 10.6 Å². The van der Waals surface area contributed by atoms with E-state index in [0.29, 0.717) is 18.5 Å². The average Bonchev–Trinajstić information content (AvgIpc) is 2.45. The van der Waals surface area contributed by atoms with Crippen molar-refractivity contribution >= 4 is 5.91 Å². The van der Waals surface area contributed by atoms with Gasteiger partial charge in [-0.25, -0.2) is 0 Å². The van der Waals surface area contributed by atoms with Crippen molar-refractivity contribution in [3.05, 3.63) is 0 Å². The first kappa shape index (κ1) is 18.4. The predicted octanol–water partition coefficient (Wildman–Crippen LogP) is 2.39. The molecule has 0 aromatic rings. The molecule has 1 heterocycles. The van der Waals surface area contributed by atoms with Gasteiger partial charge in [0.1, 0.15) is 0 Å². The number of nitrogens with zero attached hydrogens (tertiary/aromatic N) is 1. The first-order valence-electron chi connectivity index (χ1n) is 8.77. The minimum Gasteiger partial charge on any atom is -0.353 e. The molecule has 1 atom stereocenters. The van der Waals surface area contributed by atoms with Crippen LogP contribution in [0.15, 0.2) is 0 Å². The van der Waals surface area contributed by atoms with E-state index in [-0.39, 0.29) is 11.9 Å². The molecular weight excluding hydrogens is 262 g/mol. The van der Waals surface area contributed by atoms with Crippen LogP contribution in [-0.4, -0.2) is 49.1 Å². The Morgan fingerprint density at radius 3 is 2.48 bits per heavy atom. The predicted molar refractivity (Wildman–Crippen MR) is 89.4 cm³/mol. The number of piperidine rings is 1. The van der Waals surface area contributed by atoms with Crippen molar-refractivity contribution in [1.29, 1.82) is 0 Å². The summed E-state index contributed by atoms with van der Waals surface area (Å²) in [6.45, 7) is 12.5. The third-order valence-corrected chi connectivity index (χ3v) is 4.27. The number of carbonyl (C=O) groups excluding carboxylic acids is 1. The van der Waals surface area contributed by atoms with Gasteiger partial charge in [-0.05, 0) is 64.6 Å². The van der Waals surface area contributed by atoms with Crippen LogP contribution in [0.1, 0.15) is 59.8 Å². The van der Waals surface area contributed by atoms with Crippen molar-refractivity contribution in [3.8, 4) is 0 Å². The summed E-state index contributed by atoms with van der Waals surface area (Å²) in [5.41, 5.74) is 0. The van der Waals surface area contributed by atoms with Crippen LogP contribution in [0.5, 0.6) is 0 Å². The highest BCUT2D eigenvalue weighted by Gasteiger charge is 2.22. The van der Waals surface area contributed by atoms with E-state index in [1.807, 2.05) is 0 Å². The summed E-state index contributed by atoms with van der Waals surface area (Å²) in [6, 6.07) is 0.860. The molecule has 21 heavy (non-hydrogen) atoms. The van der Waals surface area contributed by atoms with Crippen molar-refractivity contribution in [2.45, 2.75) is 71.9 Å². The van der Waals surface area contributed by atoms with E-state index in [1.165, 1.54) is 6.42 Å². The lowest BCUT2D eigenvalue weighted by Gasteiger charge is -2.34. The van der Waals surface area contributed by atoms with Crippen LogP contribution in [0.3, 0.4) is 0 Å². The third-order valence-electron chi connectivity index (χ3n) is 4.27. The number of amides is 1. The molecule has 0 saturated carbocycles. The van der Waals surface area contributed by atoms with Crippen LogP contribution in [-0.2, 0) is 4.79 Å². The van der Waals surface area contributed by atoms with Gasteiger partial charge in [-0.1, -0.05) is 20.8 Å². The molecule has 1 amide bonds. The van der Waals surface area contributed by atoms with Crippen molar-refractivity contribution in [3.63, 3.8) is 0 Å². The third kappa shape index (κ3) is 7.82. The van der Waals surface area contributed by atoms with Crippen molar-refractivity contribution < 1.29 is 4.79 Å². The molecule has 0 bridgehead atoms. The van der Waals surface area contributed by atoms with Crippen LogP contribution >= 0.6 is 0 Å². The molecule has 1 saturated heterocycles. The number of hydrogen-bond donors (Lipinski definition) is 2.